The fraction of sp³-hybridized carbons (Fsp3) is 0.214. The largest absolute Gasteiger partial charge is 0.419 e. The van der Waals surface area contributed by atoms with Gasteiger partial charge in [0.05, 0.1) is 14.1 Å². The molecule has 1 unspecified atom stereocenters. The second-order valence-electron chi connectivity index (χ2n) is 4.62. The summed E-state index contributed by atoms with van der Waals surface area (Å²) in [5, 5.41) is 0. The highest BCUT2D eigenvalue weighted by molar-refractivity contribution is 9.11. The predicted molar refractivity (Wildman–Crippen MR) is 89.0 cm³/mol. The number of halogens is 2. The summed E-state index contributed by atoms with van der Waals surface area (Å²) in [5.74, 6) is -0.335. The lowest BCUT2D eigenvalue weighted by molar-refractivity contribution is 0.528. The minimum atomic E-state index is -0.335. The molecule has 0 spiro atoms. The maximum absolute atomic E-state index is 11.5. The number of hydrogen-bond donors (Lipinski definition) is 0. The Balaban J connectivity index is 2.07. The van der Waals surface area contributed by atoms with Gasteiger partial charge in [-0.15, -0.1) is 11.3 Å². The molecule has 0 bridgehead atoms. The molecule has 3 rings (SSSR count). The zero-order chi connectivity index (χ0) is 14.4. The molecule has 1 aromatic carbocycles. The summed E-state index contributed by atoms with van der Waals surface area (Å²) in [6.45, 7) is 2.07. The van der Waals surface area contributed by atoms with E-state index >= 15 is 0 Å². The number of rotatable bonds is 2. The summed E-state index contributed by atoms with van der Waals surface area (Å²) in [7, 11) is 1.71. The van der Waals surface area contributed by atoms with E-state index in [4.69, 9.17) is 4.42 Å². The Bertz CT molecular complexity index is 827. The van der Waals surface area contributed by atoms with E-state index in [2.05, 4.69) is 44.8 Å². The molecule has 20 heavy (non-hydrogen) atoms. The van der Waals surface area contributed by atoms with Gasteiger partial charge in [-0.2, -0.15) is 0 Å². The van der Waals surface area contributed by atoms with E-state index in [1.165, 1.54) is 15.0 Å². The topological polar surface area (TPSA) is 35.1 Å². The number of aryl methyl sites for hydroxylation is 2. The van der Waals surface area contributed by atoms with E-state index in [1.54, 1.807) is 18.4 Å². The van der Waals surface area contributed by atoms with Crippen LogP contribution in [0.4, 0.5) is 0 Å². The summed E-state index contributed by atoms with van der Waals surface area (Å²) in [4.78, 5) is 12.8. The van der Waals surface area contributed by atoms with E-state index in [9.17, 15) is 4.79 Å². The zero-order valence-corrected chi connectivity index (χ0v) is 14.8. The lowest BCUT2D eigenvalue weighted by atomic mass is 10.1. The van der Waals surface area contributed by atoms with Crippen LogP contribution in [0.15, 0.2) is 37.3 Å². The number of oxazole rings is 1. The van der Waals surface area contributed by atoms with Crippen LogP contribution in [0.2, 0.25) is 0 Å². The van der Waals surface area contributed by atoms with Gasteiger partial charge in [0.15, 0.2) is 5.58 Å². The van der Waals surface area contributed by atoms with E-state index in [1.807, 2.05) is 18.2 Å². The molecular formula is C14H11Br2NO2S. The van der Waals surface area contributed by atoms with Crippen molar-refractivity contribution in [1.82, 2.24) is 4.57 Å². The van der Waals surface area contributed by atoms with E-state index < -0.39 is 0 Å². The van der Waals surface area contributed by atoms with Crippen molar-refractivity contribution in [3.63, 3.8) is 0 Å². The summed E-state index contributed by atoms with van der Waals surface area (Å²) in [5.41, 5.74) is 3.72. The van der Waals surface area contributed by atoms with Crippen LogP contribution >= 0.6 is 43.2 Å². The summed E-state index contributed by atoms with van der Waals surface area (Å²) in [6, 6.07) is 8.00. The molecule has 0 aliphatic rings. The van der Waals surface area contributed by atoms with Gasteiger partial charge in [0.25, 0.3) is 0 Å². The van der Waals surface area contributed by atoms with Crippen LogP contribution in [-0.2, 0) is 7.05 Å². The Morgan fingerprint density at radius 3 is 2.75 bits per heavy atom. The summed E-state index contributed by atoms with van der Waals surface area (Å²) in [6.07, 6.45) is 0. The highest BCUT2D eigenvalue weighted by Gasteiger charge is 2.16. The van der Waals surface area contributed by atoms with Crippen molar-refractivity contribution in [2.75, 3.05) is 0 Å². The summed E-state index contributed by atoms with van der Waals surface area (Å²) < 4.78 is 7.89. The number of fused-ring (bicyclic) bond motifs is 1. The Labute approximate surface area is 136 Å². The monoisotopic (exact) mass is 415 g/mol. The second kappa shape index (κ2) is 5.16. The standard InChI is InChI=1S/C14H11Br2NO2S/c1-7-5-11(20-13(7)16)12(15)8-3-4-9-10(6-8)19-14(18)17(9)2/h3-6,12H,1-2H3. The van der Waals surface area contributed by atoms with Crippen LogP contribution in [0, 0.1) is 6.92 Å². The normalized spacial score (nSPS) is 13.0. The molecule has 2 heterocycles. The first-order chi connectivity index (χ1) is 9.47. The molecule has 2 aromatic heterocycles. The average Bonchev–Trinajstić information content (AvgIpc) is 2.90. The van der Waals surface area contributed by atoms with E-state index in [0.29, 0.717) is 5.58 Å². The number of thiophene rings is 1. The zero-order valence-electron chi connectivity index (χ0n) is 10.8. The van der Waals surface area contributed by atoms with Crippen LogP contribution in [-0.4, -0.2) is 4.57 Å². The van der Waals surface area contributed by atoms with Crippen molar-refractivity contribution in [3.05, 3.63) is 54.6 Å². The molecule has 3 aromatic rings. The quantitative estimate of drug-likeness (QED) is 0.565. The van der Waals surface area contributed by atoms with Gasteiger partial charge in [-0.1, -0.05) is 22.0 Å². The third-order valence-corrected chi connectivity index (χ3v) is 6.76. The molecule has 0 aliphatic carbocycles. The summed E-state index contributed by atoms with van der Waals surface area (Å²) >= 11 is 8.96. The highest BCUT2D eigenvalue weighted by Crippen LogP contribution is 2.39. The fourth-order valence-electron chi connectivity index (χ4n) is 2.08. The van der Waals surface area contributed by atoms with Crippen molar-refractivity contribution in [1.29, 1.82) is 0 Å². The Morgan fingerprint density at radius 2 is 2.10 bits per heavy atom. The maximum atomic E-state index is 11.5. The van der Waals surface area contributed by atoms with Gasteiger partial charge in [0, 0.05) is 11.9 Å². The van der Waals surface area contributed by atoms with Crippen LogP contribution in [0.1, 0.15) is 20.8 Å². The van der Waals surface area contributed by atoms with Gasteiger partial charge >= 0.3 is 5.76 Å². The first kappa shape index (κ1) is 14.1. The van der Waals surface area contributed by atoms with Gasteiger partial charge in [-0.3, -0.25) is 4.57 Å². The number of benzene rings is 1. The van der Waals surface area contributed by atoms with Gasteiger partial charge in [-0.25, -0.2) is 4.79 Å². The SMILES string of the molecule is Cc1cc(C(Br)c2ccc3c(c2)oc(=O)n3C)sc1Br. The third kappa shape index (κ3) is 2.29. The molecule has 6 heteroatoms. The molecule has 0 N–H and O–H groups in total. The Kier molecular flexibility index (Phi) is 3.64. The number of alkyl halides is 1. The predicted octanol–water partition coefficient (Wildman–Crippen LogP) is 4.75. The second-order valence-corrected chi connectivity index (χ2v) is 7.94. The molecule has 1 atom stereocenters. The molecule has 0 amide bonds. The first-order valence-electron chi connectivity index (χ1n) is 5.96. The van der Waals surface area contributed by atoms with Gasteiger partial charge in [0.1, 0.15) is 0 Å². The number of nitrogens with zero attached hydrogens (tertiary/aromatic N) is 1. The minimum Gasteiger partial charge on any atom is -0.408 e. The molecule has 0 radical (unpaired) electrons. The molecule has 0 saturated carbocycles. The lowest BCUT2D eigenvalue weighted by Gasteiger charge is -2.07. The molecule has 104 valence electrons. The van der Waals surface area contributed by atoms with Crippen molar-refractivity contribution >= 4 is 54.3 Å². The van der Waals surface area contributed by atoms with Gasteiger partial charge in [0.2, 0.25) is 0 Å². The Morgan fingerprint density at radius 1 is 1.35 bits per heavy atom. The molecule has 0 aliphatic heterocycles. The molecule has 3 nitrogen and oxygen atoms in total. The van der Waals surface area contributed by atoms with E-state index in [-0.39, 0.29) is 10.6 Å². The lowest BCUT2D eigenvalue weighted by Crippen LogP contribution is -2.08. The molecule has 0 saturated heterocycles. The van der Waals surface area contributed by atoms with Crippen molar-refractivity contribution in [3.8, 4) is 0 Å². The van der Waals surface area contributed by atoms with Crippen molar-refractivity contribution in [2.45, 2.75) is 11.8 Å². The van der Waals surface area contributed by atoms with Crippen LogP contribution in [0.25, 0.3) is 11.1 Å². The van der Waals surface area contributed by atoms with Crippen molar-refractivity contribution in [2.24, 2.45) is 7.05 Å². The van der Waals surface area contributed by atoms with Gasteiger partial charge in [-0.05, 0) is 52.2 Å². The average molecular weight is 417 g/mol. The van der Waals surface area contributed by atoms with E-state index in [0.717, 1.165) is 14.9 Å². The highest BCUT2D eigenvalue weighted by atomic mass is 79.9. The van der Waals surface area contributed by atoms with Crippen LogP contribution in [0.5, 0.6) is 0 Å². The van der Waals surface area contributed by atoms with Crippen molar-refractivity contribution < 1.29 is 4.42 Å². The Hall–Kier alpha value is -0.850. The minimum absolute atomic E-state index is 0.0902. The molecule has 0 fully saturated rings. The maximum Gasteiger partial charge on any atom is 0.419 e. The smallest absolute Gasteiger partial charge is 0.408 e. The van der Waals surface area contributed by atoms with Crippen LogP contribution < -0.4 is 5.76 Å². The third-order valence-electron chi connectivity index (χ3n) is 3.24. The number of hydrogen-bond acceptors (Lipinski definition) is 3. The van der Waals surface area contributed by atoms with Gasteiger partial charge < -0.3 is 4.42 Å². The fourth-order valence-corrected chi connectivity index (χ4v) is 4.36. The number of aromatic nitrogens is 1. The molecular weight excluding hydrogens is 406 g/mol. The van der Waals surface area contributed by atoms with Crippen LogP contribution in [0.3, 0.4) is 0 Å². The first-order valence-corrected chi connectivity index (χ1v) is 8.49.